The lowest BCUT2D eigenvalue weighted by Crippen LogP contribution is -2.47. The van der Waals surface area contributed by atoms with E-state index in [1.807, 2.05) is 0 Å². The number of nitrogens with zero attached hydrogens (tertiary/aromatic N) is 2. The van der Waals surface area contributed by atoms with Crippen LogP contribution in [0.15, 0.2) is 28.8 Å². The van der Waals surface area contributed by atoms with Crippen LogP contribution in [-0.2, 0) is 27.3 Å². The van der Waals surface area contributed by atoms with Crippen molar-refractivity contribution >= 4 is 29.3 Å². The number of imide groups is 1. The Bertz CT molecular complexity index is 1090. The Balaban J connectivity index is 1.51. The molecule has 2 heterocycles. The van der Waals surface area contributed by atoms with Crippen molar-refractivity contribution in [3.05, 3.63) is 52.4 Å². The van der Waals surface area contributed by atoms with Gasteiger partial charge in [0.15, 0.2) is 5.78 Å². The van der Waals surface area contributed by atoms with Crippen LogP contribution in [0.4, 0.5) is 0 Å². The second-order valence-electron chi connectivity index (χ2n) is 7.44. The zero-order valence-corrected chi connectivity index (χ0v) is 16.3. The number of hydrogen-bond acceptors (Lipinski definition) is 7. The Morgan fingerprint density at radius 3 is 2.73 bits per heavy atom. The van der Waals surface area contributed by atoms with Gasteiger partial charge in [-0.15, -0.1) is 0 Å². The molecule has 2 aromatic rings. The van der Waals surface area contributed by atoms with E-state index in [1.54, 1.807) is 25.1 Å². The van der Waals surface area contributed by atoms with Gasteiger partial charge in [0, 0.05) is 19.0 Å². The summed E-state index contributed by atoms with van der Waals surface area (Å²) in [7, 11) is 0. The molecule has 1 saturated carbocycles. The van der Waals surface area contributed by atoms with Crippen molar-refractivity contribution in [1.29, 1.82) is 0 Å². The van der Waals surface area contributed by atoms with Crippen molar-refractivity contribution < 1.29 is 28.5 Å². The fourth-order valence-electron chi connectivity index (χ4n) is 3.85. The number of amides is 3. The predicted molar refractivity (Wildman–Crippen MR) is 101 cm³/mol. The van der Waals surface area contributed by atoms with Gasteiger partial charge in [0.1, 0.15) is 11.5 Å². The van der Waals surface area contributed by atoms with Gasteiger partial charge in [-0.1, -0.05) is 17.3 Å². The maximum atomic E-state index is 13.0. The van der Waals surface area contributed by atoms with Crippen molar-refractivity contribution in [1.82, 2.24) is 15.4 Å². The molecule has 1 aliphatic heterocycles. The van der Waals surface area contributed by atoms with E-state index in [0.29, 0.717) is 17.0 Å². The molecular weight excluding hydrogens is 390 g/mol. The lowest BCUT2D eigenvalue weighted by Gasteiger charge is -2.27. The minimum absolute atomic E-state index is 0.000525. The molecule has 0 bridgehead atoms. The summed E-state index contributed by atoms with van der Waals surface area (Å²) in [6.45, 7) is 1.79. The molecule has 1 unspecified atom stereocenters. The zero-order valence-electron chi connectivity index (χ0n) is 16.3. The molecule has 1 fully saturated rings. The number of aryl methyl sites for hydroxylation is 1. The number of nitrogens with one attached hydrogen (secondary N) is 1. The lowest BCUT2D eigenvalue weighted by molar-refractivity contribution is -0.132. The standard InChI is InChI=1S/C21H19N3O6/c1-11-7-14(30-23-11)9-18(27)22-10-12-3-2-4-15-19(12)21(29)24(20(15)28)16-6-5-13(25)8-17(16)26/h2-4,7,16H,5-6,8-10H2,1H3,(H,22,27). The van der Waals surface area contributed by atoms with Crippen molar-refractivity contribution in [3.63, 3.8) is 0 Å². The largest absolute Gasteiger partial charge is 0.361 e. The van der Waals surface area contributed by atoms with Crippen LogP contribution in [-0.4, -0.2) is 45.4 Å². The number of benzene rings is 1. The molecule has 1 aliphatic carbocycles. The number of aromatic nitrogens is 1. The molecule has 0 saturated heterocycles. The van der Waals surface area contributed by atoms with E-state index in [0.717, 1.165) is 4.90 Å². The molecule has 154 valence electrons. The highest BCUT2D eigenvalue weighted by Crippen LogP contribution is 2.31. The Hall–Kier alpha value is -3.62. The van der Waals surface area contributed by atoms with E-state index in [9.17, 15) is 24.0 Å². The number of carbonyl (C=O) groups is 5. The SMILES string of the molecule is Cc1cc(CC(=O)NCc2cccc3c2C(=O)N(C2CCC(=O)CC2=O)C3=O)on1. The number of rotatable bonds is 5. The minimum atomic E-state index is -0.924. The molecule has 9 heteroatoms. The highest BCUT2D eigenvalue weighted by atomic mass is 16.5. The lowest BCUT2D eigenvalue weighted by atomic mass is 9.92. The maximum Gasteiger partial charge on any atom is 0.262 e. The Morgan fingerprint density at radius 1 is 1.23 bits per heavy atom. The van der Waals surface area contributed by atoms with Crippen LogP contribution >= 0.6 is 0 Å². The summed E-state index contributed by atoms with van der Waals surface area (Å²) in [6.07, 6.45) is 0.0429. The van der Waals surface area contributed by atoms with Gasteiger partial charge >= 0.3 is 0 Å². The van der Waals surface area contributed by atoms with E-state index in [4.69, 9.17) is 4.52 Å². The zero-order chi connectivity index (χ0) is 21.4. The van der Waals surface area contributed by atoms with Crippen molar-refractivity contribution in [2.75, 3.05) is 0 Å². The first-order valence-electron chi connectivity index (χ1n) is 9.58. The third kappa shape index (κ3) is 3.54. The normalized spacial score (nSPS) is 18.7. The van der Waals surface area contributed by atoms with Gasteiger partial charge in [0.25, 0.3) is 11.8 Å². The monoisotopic (exact) mass is 409 g/mol. The van der Waals surface area contributed by atoms with Gasteiger partial charge in [0.05, 0.1) is 35.7 Å². The number of Topliss-reactive ketones (excluding diaryl/α,β-unsaturated/α-hetero) is 2. The average molecular weight is 409 g/mol. The molecule has 1 aromatic carbocycles. The van der Waals surface area contributed by atoms with Gasteiger partial charge in [0.2, 0.25) is 5.91 Å². The Labute approximate surface area is 171 Å². The van der Waals surface area contributed by atoms with Crippen LogP contribution < -0.4 is 5.32 Å². The van der Waals surface area contributed by atoms with Crippen molar-refractivity contribution in [3.8, 4) is 0 Å². The molecule has 1 atom stereocenters. The highest BCUT2D eigenvalue weighted by Gasteiger charge is 2.45. The number of hydrogen-bond donors (Lipinski definition) is 1. The van der Waals surface area contributed by atoms with Gasteiger partial charge in [-0.3, -0.25) is 28.9 Å². The topological polar surface area (TPSA) is 127 Å². The molecule has 0 radical (unpaired) electrons. The summed E-state index contributed by atoms with van der Waals surface area (Å²) < 4.78 is 5.02. The highest BCUT2D eigenvalue weighted by molar-refractivity contribution is 6.24. The molecule has 1 aromatic heterocycles. The molecular formula is C21H19N3O6. The van der Waals surface area contributed by atoms with Gasteiger partial charge in [-0.25, -0.2) is 0 Å². The van der Waals surface area contributed by atoms with Gasteiger partial charge in [-0.05, 0) is 25.0 Å². The molecule has 1 N–H and O–H groups in total. The summed E-state index contributed by atoms with van der Waals surface area (Å²) in [6, 6.07) is 5.54. The third-order valence-corrected chi connectivity index (χ3v) is 5.27. The van der Waals surface area contributed by atoms with E-state index in [1.165, 1.54) is 6.07 Å². The van der Waals surface area contributed by atoms with Crippen LogP contribution in [0.25, 0.3) is 0 Å². The third-order valence-electron chi connectivity index (χ3n) is 5.27. The quantitative estimate of drug-likeness (QED) is 0.579. The van der Waals surface area contributed by atoms with Crippen LogP contribution in [0.1, 0.15) is 57.0 Å². The summed E-state index contributed by atoms with van der Waals surface area (Å²) in [5, 5.41) is 6.44. The predicted octanol–water partition coefficient (Wildman–Crippen LogP) is 1.13. The summed E-state index contributed by atoms with van der Waals surface area (Å²) >= 11 is 0. The Morgan fingerprint density at radius 2 is 2.03 bits per heavy atom. The van der Waals surface area contributed by atoms with Crippen LogP contribution in [0.3, 0.4) is 0 Å². The van der Waals surface area contributed by atoms with Crippen LogP contribution in [0.2, 0.25) is 0 Å². The fraction of sp³-hybridized carbons (Fsp3) is 0.333. The van der Waals surface area contributed by atoms with E-state index >= 15 is 0 Å². The first kappa shape index (κ1) is 19.7. The van der Waals surface area contributed by atoms with E-state index < -0.39 is 23.6 Å². The van der Waals surface area contributed by atoms with Crippen LogP contribution in [0.5, 0.6) is 0 Å². The minimum Gasteiger partial charge on any atom is -0.361 e. The van der Waals surface area contributed by atoms with Crippen molar-refractivity contribution in [2.24, 2.45) is 0 Å². The van der Waals surface area contributed by atoms with Gasteiger partial charge in [-0.2, -0.15) is 0 Å². The summed E-state index contributed by atoms with van der Waals surface area (Å²) in [5.41, 5.74) is 1.53. The number of carbonyl (C=O) groups excluding carboxylic acids is 5. The number of fused-ring (bicyclic) bond motifs is 1. The first-order valence-corrected chi connectivity index (χ1v) is 9.58. The smallest absolute Gasteiger partial charge is 0.262 e. The molecule has 0 spiro atoms. The second kappa shape index (κ2) is 7.66. The molecule has 30 heavy (non-hydrogen) atoms. The average Bonchev–Trinajstić information content (AvgIpc) is 3.22. The fourth-order valence-corrected chi connectivity index (χ4v) is 3.85. The van der Waals surface area contributed by atoms with Crippen LogP contribution in [0, 0.1) is 6.92 Å². The molecule has 2 aliphatic rings. The van der Waals surface area contributed by atoms with E-state index in [-0.39, 0.29) is 55.0 Å². The van der Waals surface area contributed by atoms with Crippen molar-refractivity contribution in [2.45, 2.75) is 45.2 Å². The second-order valence-corrected chi connectivity index (χ2v) is 7.44. The summed E-state index contributed by atoms with van der Waals surface area (Å²) in [4.78, 5) is 62.8. The number of ketones is 2. The van der Waals surface area contributed by atoms with Gasteiger partial charge < -0.3 is 9.84 Å². The first-order chi connectivity index (χ1) is 14.3. The molecule has 9 nitrogen and oxygen atoms in total. The summed E-state index contributed by atoms with van der Waals surface area (Å²) in [5.74, 6) is -1.62. The molecule has 3 amide bonds. The maximum absolute atomic E-state index is 13.0. The Kier molecular flexibility index (Phi) is 5.03. The van der Waals surface area contributed by atoms with E-state index in [2.05, 4.69) is 10.5 Å². The molecule has 4 rings (SSSR count).